The summed E-state index contributed by atoms with van der Waals surface area (Å²) in [6.07, 6.45) is 0.995. The van der Waals surface area contributed by atoms with Crippen LogP contribution in [-0.2, 0) is 4.74 Å². The summed E-state index contributed by atoms with van der Waals surface area (Å²) in [4.78, 5) is 0. The number of nitrogens with zero attached hydrogens (tertiary/aromatic N) is 1. The standard InChI is InChI=1S/C19H17NO/c20-11-17-10-19(12-21-13-19)18(17)16-8-6-15(7-9-16)14-4-2-1-3-5-14/h1-9,17-18H,10,12-13H2. The summed E-state index contributed by atoms with van der Waals surface area (Å²) in [5.41, 5.74) is 3.99. The van der Waals surface area contributed by atoms with Crippen molar-refractivity contribution in [1.29, 1.82) is 5.26 Å². The molecule has 21 heavy (non-hydrogen) atoms. The van der Waals surface area contributed by atoms with Gasteiger partial charge in [0.05, 0.1) is 25.2 Å². The highest BCUT2D eigenvalue weighted by atomic mass is 16.5. The lowest BCUT2D eigenvalue weighted by Crippen LogP contribution is -2.57. The number of rotatable bonds is 2. The van der Waals surface area contributed by atoms with Gasteiger partial charge in [-0.1, -0.05) is 54.6 Å². The van der Waals surface area contributed by atoms with Crippen molar-refractivity contribution in [3.8, 4) is 17.2 Å². The number of ether oxygens (including phenoxy) is 1. The van der Waals surface area contributed by atoms with Gasteiger partial charge in [-0.05, 0) is 23.1 Å². The Hall–Kier alpha value is -2.11. The number of hydrogen-bond acceptors (Lipinski definition) is 2. The Bertz CT molecular complexity index is 680. The van der Waals surface area contributed by atoms with E-state index in [4.69, 9.17) is 4.74 Å². The molecule has 104 valence electrons. The van der Waals surface area contributed by atoms with Crippen molar-refractivity contribution in [3.05, 3.63) is 60.2 Å². The van der Waals surface area contributed by atoms with Gasteiger partial charge in [0.2, 0.25) is 0 Å². The molecule has 0 radical (unpaired) electrons. The Morgan fingerprint density at radius 2 is 1.62 bits per heavy atom. The number of nitriles is 1. The summed E-state index contributed by atoms with van der Waals surface area (Å²) in [5.74, 6) is 0.498. The summed E-state index contributed by atoms with van der Waals surface area (Å²) >= 11 is 0. The predicted octanol–water partition coefficient (Wildman–Crippen LogP) is 4.00. The molecule has 1 heterocycles. The summed E-state index contributed by atoms with van der Waals surface area (Å²) in [7, 11) is 0. The Morgan fingerprint density at radius 3 is 2.19 bits per heavy atom. The van der Waals surface area contributed by atoms with E-state index in [0.29, 0.717) is 5.92 Å². The van der Waals surface area contributed by atoms with Crippen molar-refractivity contribution >= 4 is 0 Å². The van der Waals surface area contributed by atoms with Crippen molar-refractivity contribution in [1.82, 2.24) is 0 Å². The van der Waals surface area contributed by atoms with Gasteiger partial charge >= 0.3 is 0 Å². The van der Waals surface area contributed by atoms with E-state index in [2.05, 4.69) is 54.6 Å². The van der Waals surface area contributed by atoms with Crippen LogP contribution in [0, 0.1) is 22.7 Å². The van der Waals surface area contributed by atoms with Gasteiger partial charge in [0, 0.05) is 11.3 Å². The first-order valence-corrected chi connectivity index (χ1v) is 7.45. The molecule has 2 aliphatic rings. The summed E-state index contributed by atoms with van der Waals surface area (Å²) < 4.78 is 5.41. The first-order valence-electron chi connectivity index (χ1n) is 7.45. The fourth-order valence-corrected chi connectivity index (χ4v) is 3.83. The molecule has 1 saturated carbocycles. The quantitative estimate of drug-likeness (QED) is 0.830. The van der Waals surface area contributed by atoms with Gasteiger partial charge in [-0.3, -0.25) is 0 Å². The summed E-state index contributed by atoms with van der Waals surface area (Å²) in [5, 5.41) is 9.31. The van der Waals surface area contributed by atoms with Crippen molar-refractivity contribution in [2.45, 2.75) is 12.3 Å². The van der Waals surface area contributed by atoms with Gasteiger partial charge in [0.25, 0.3) is 0 Å². The zero-order valence-electron chi connectivity index (χ0n) is 11.8. The van der Waals surface area contributed by atoms with E-state index in [0.717, 1.165) is 19.6 Å². The highest BCUT2D eigenvalue weighted by molar-refractivity contribution is 5.63. The molecular weight excluding hydrogens is 258 g/mol. The van der Waals surface area contributed by atoms with Crippen LogP contribution in [0.1, 0.15) is 17.9 Å². The molecule has 0 bridgehead atoms. The third-order valence-electron chi connectivity index (χ3n) is 5.01. The second-order valence-electron chi connectivity index (χ2n) is 6.26. The Balaban J connectivity index is 1.63. The van der Waals surface area contributed by atoms with Crippen LogP contribution in [0.4, 0.5) is 0 Å². The average Bonchev–Trinajstić information content (AvgIpc) is 2.47. The molecule has 1 aliphatic carbocycles. The third kappa shape index (κ3) is 1.89. The highest BCUT2D eigenvalue weighted by Crippen LogP contribution is 2.60. The van der Waals surface area contributed by atoms with Gasteiger partial charge in [-0.25, -0.2) is 0 Å². The Labute approximate surface area is 125 Å². The lowest BCUT2D eigenvalue weighted by molar-refractivity contribution is -0.186. The summed E-state index contributed by atoms with van der Waals surface area (Å²) in [6, 6.07) is 21.6. The lowest BCUT2D eigenvalue weighted by atomic mass is 9.51. The topological polar surface area (TPSA) is 33.0 Å². The molecule has 2 fully saturated rings. The molecule has 2 heteroatoms. The fraction of sp³-hybridized carbons (Fsp3) is 0.316. The zero-order chi connectivity index (χ0) is 14.3. The smallest absolute Gasteiger partial charge is 0.0662 e. The van der Waals surface area contributed by atoms with Crippen molar-refractivity contribution in [2.75, 3.05) is 13.2 Å². The molecule has 1 aliphatic heterocycles. The monoisotopic (exact) mass is 275 g/mol. The van der Waals surface area contributed by atoms with E-state index in [1.807, 2.05) is 6.07 Å². The Kier molecular flexibility index (Phi) is 2.83. The van der Waals surface area contributed by atoms with Crippen LogP contribution in [0.2, 0.25) is 0 Å². The van der Waals surface area contributed by atoms with Crippen LogP contribution in [0.5, 0.6) is 0 Å². The minimum absolute atomic E-state index is 0.150. The van der Waals surface area contributed by atoms with Gasteiger partial charge in [-0.2, -0.15) is 5.26 Å². The van der Waals surface area contributed by atoms with E-state index in [1.54, 1.807) is 0 Å². The van der Waals surface area contributed by atoms with Crippen LogP contribution in [0.15, 0.2) is 54.6 Å². The van der Waals surface area contributed by atoms with E-state index in [9.17, 15) is 5.26 Å². The fourth-order valence-electron chi connectivity index (χ4n) is 3.83. The maximum atomic E-state index is 9.31. The van der Waals surface area contributed by atoms with Crippen molar-refractivity contribution in [2.24, 2.45) is 11.3 Å². The summed E-state index contributed by atoms with van der Waals surface area (Å²) in [6.45, 7) is 1.63. The third-order valence-corrected chi connectivity index (χ3v) is 5.01. The number of hydrogen-bond donors (Lipinski definition) is 0. The molecule has 2 aromatic carbocycles. The molecule has 0 amide bonds. The molecular formula is C19H17NO. The maximum absolute atomic E-state index is 9.31. The number of benzene rings is 2. The van der Waals surface area contributed by atoms with E-state index in [1.165, 1.54) is 16.7 Å². The predicted molar refractivity (Wildman–Crippen MR) is 81.6 cm³/mol. The van der Waals surface area contributed by atoms with E-state index in [-0.39, 0.29) is 11.3 Å². The van der Waals surface area contributed by atoms with Crippen LogP contribution < -0.4 is 0 Å². The first kappa shape index (κ1) is 12.6. The van der Waals surface area contributed by atoms with E-state index < -0.39 is 0 Å². The zero-order valence-corrected chi connectivity index (χ0v) is 11.8. The lowest BCUT2D eigenvalue weighted by Gasteiger charge is -2.58. The second-order valence-corrected chi connectivity index (χ2v) is 6.26. The minimum atomic E-state index is 0.150. The van der Waals surface area contributed by atoms with Crippen molar-refractivity contribution in [3.63, 3.8) is 0 Å². The normalized spacial score (nSPS) is 25.7. The molecule has 2 unspecified atom stereocenters. The van der Waals surface area contributed by atoms with Crippen LogP contribution in [0.25, 0.3) is 11.1 Å². The molecule has 1 saturated heterocycles. The molecule has 1 spiro atoms. The molecule has 0 aromatic heterocycles. The molecule has 2 aromatic rings. The minimum Gasteiger partial charge on any atom is -0.380 e. The molecule has 2 nitrogen and oxygen atoms in total. The average molecular weight is 275 g/mol. The van der Waals surface area contributed by atoms with Crippen molar-refractivity contribution < 1.29 is 4.74 Å². The SMILES string of the molecule is N#CC1CC2(COC2)C1c1ccc(-c2ccccc2)cc1. The largest absolute Gasteiger partial charge is 0.380 e. The van der Waals surface area contributed by atoms with E-state index >= 15 is 0 Å². The van der Waals surface area contributed by atoms with Crippen LogP contribution >= 0.6 is 0 Å². The Morgan fingerprint density at radius 1 is 0.952 bits per heavy atom. The highest BCUT2D eigenvalue weighted by Gasteiger charge is 2.58. The molecule has 4 rings (SSSR count). The maximum Gasteiger partial charge on any atom is 0.0662 e. The molecule has 2 atom stereocenters. The molecule has 0 N–H and O–H groups in total. The van der Waals surface area contributed by atoms with Crippen LogP contribution in [-0.4, -0.2) is 13.2 Å². The van der Waals surface area contributed by atoms with Gasteiger partial charge in [0.15, 0.2) is 0 Å². The van der Waals surface area contributed by atoms with Crippen LogP contribution in [0.3, 0.4) is 0 Å². The van der Waals surface area contributed by atoms with Gasteiger partial charge in [-0.15, -0.1) is 0 Å². The van der Waals surface area contributed by atoms with Gasteiger partial charge < -0.3 is 4.74 Å². The first-order chi connectivity index (χ1) is 10.3. The van der Waals surface area contributed by atoms with Gasteiger partial charge in [0.1, 0.15) is 0 Å². The second kappa shape index (κ2) is 4.72.